The average Bonchev–Trinajstić information content (AvgIpc) is 1.94. The molecule has 0 aliphatic heterocycles. The molecule has 0 spiro atoms. The summed E-state index contributed by atoms with van der Waals surface area (Å²) in [6.45, 7) is 3.41. The van der Waals surface area contributed by atoms with Crippen LogP contribution in [0, 0.1) is 0 Å². The number of allylic oxidation sites excluding steroid dienone is 1. The van der Waals surface area contributed by atoms with Gasteiger partial charge >= 0.3 is 0 Å². The molecule has 1 rings (SSSR count). The molecule has 0 aromatic rings. The normalized spacial score (nSPS) is 25.5. The van der Waals surface area contributed by atoms with Crippen molar-refractivity contribution in [3.8, 4) is 0 Å². The van der Waals surface area contributed by atoms with Crippen LogP contribution in [0.3, 0.4) is 0 Å². The van der Waals surface area contributed by atoms with E-state index in [4.69, 9.17) is 0 Å². The number of Topliss-reactive ketones (excluding diaryl/α,β-unsaturated/α-hetero) is 1. The van der Waals surface area contributed by atoms with Crippen LogP contribution in [0.1, 0.15) is 33.1 Å². The fourth-order valence-corrected chi connectivity index (χ4v) is 1.54. The van der Waals surface area contributed by atoms with E-state index in [1.165, 1.54) is 0 Å². The molecule has 0 heterocycles. The van der Waals surface area contributed by atoms with Crippen LogP contribution in [0.2, 0.25) is 0 Å². The third-order valence-electron chi connectivity index (χ3n) is 2.31. The van der Waals surface area contributed by atoms with E-state index in [0.717, 1.165) is 30.4 Å². The van der Waals surface area contributed by atoms with Gasteiger partial charge in [0.1, 0.15) is 0 Å². The molecule has 0 aromatic heterocycles. The second-order valence-corrected chi connectivity index (χ2v) is 3.13. The quantitative estimate of drug-likeness (QED) is 0.620. The maximum atomic E-state index is 11.0. The van der Waals surface area contributed by atoms with Crippen LogP contribution in [-0.4, -0.2) is 17.0 Å². The van der Waals surface area contributed by atoms with Crippen molar-refractivity contribution in [3.05, 3.63) is 11.1 Å². The summed E-state index contributed by atoms with van der Waals surface area (Å²) in [5.41, 5.74) is 1.72. The van der Waals surface area contributed by atoms with Crippen LogP contribution in [0.5, 0.6) is 0 Å². The molecule has 62 valence electrons. The maximum absolute atomic E-state index is 11.0. The molecule has 1 unspecified atom stereocenters. The Bertz CT molecular complexity index is 204. The zero-order valence-electron chi connectivity index (χ0n) is 7.05. The highest BCUT2D eigenvalue weighted by Gasteiger charge is 2.19. The van der Waals surface area contributed by atoms with Gasteiger partial charge in [0, 0.05) is 0 Å². The summed E-state index contributed by atoms with van der Waals surface area (Å²) in [5.74, 6) is 0.112. The summed E-state index contributed by atoms with van der Waals surface area (Å²) >= 11 is 0. The van der Waals surface area contributed by atoms with Crippen molar-refractivity contribution in [2.75, 3.05) is 0 Å². The maximum Gasteiger partial charge on any atom is 0.155 e. The molecular formula is C9H14O2. The van der Waals surface area contributed by atoms with Gasteiger partial charge in [0.15, 0.2) is 5.78 Å². The number of ketones is 1. The lowest BCUT2D eigenvalue weighted by atomic mass is 9.89. The van der Waals surface area contributed by atoms with Crippen molar-refractivity contribution >= 4 is 5.78 Å². The van der Waals surface area contributed by atoms with E-state index in [9.17, 15) is 9.90 Å². The molecule has 0 amide bonds. The molecule has 1 N–H and O–H groups in total. The third kappa shape index (κ3) is 1.69. The Balaban J connectivity index is 2.89. The topological polar surface area (TPSA) is 37.3 Å². The lowest BCUT2D eigenvalue weighted by Gasteiger charge is -2.20. The standard InChI is InChI=1S/C9H14O2/c1-6-8(7(2)10)4-3-5-9(6)11/h9,11H,3-5H2,1-2H3. The van der Waals surface area contributed by atoms with Crippen molar-refractivity contribution in [3.63, 3.8) is 0 Å². The molecule has 2 nitrogen and oxygen atoms in total. The van der Waals surface area contributed by atoms with Crippen LogP contribution in [0.4, 0.5) is 0 Å². The summed E-state index contributed by atoms with van der Waals surface area (Å²) in [6, 6.07) is 0. The summed E-state index contributed by atoms with van der Waals surface area (Å²) in [4.78, 5) is 11.0. The first-order valence-electron chi connectivity index (χ1n) is 4.01. The lowest BCUT2D eigenvalue weighted by molar-refractivity contribution is -0.114. The van der Waals surface area contributed by atoms with E-state index < -0.39 is 0 Å². The van der Waals surface area contributed by atoms with Crippen LogP contribution < -0.4 is 0 Å². The van der Waals surface area contributed by atoms with Gasteiger partial charge in [-0.05, 0) is 44.3 Å². The van der Waals surface area contributed by atoms with Gasteiger partial charge in [-0.2, -0.15) is 0 Å². The summed E-state index contributed by atoms with van der Waals surface area (Å²) < 4.78 is 0. The predicted octanol–water partition coefficient (Wildman–Crippen LogP) is 1.44. The molecule has 0 radical (unpaired) electrons. The van der Waals surface area contributed by atoms with Crippen molar-refractivity contribution in [2.45, 2.75) is 39.2 Å². The minimum absolute atomic E-state index is 0.112. The van der Waals surface area contributed by atoms with Crippen LogP contribution in [0.25, 0.3) is 0 Å². The minimum Gasteiger partial charge on any atom is -0.389 e. The second-order valence-electron chi connectivity index (χ2n) is 3.13. The minimum atomic E-state index is -0.373. The van der Waals surface area contributed by atoms with E-state index in [-0.39, 0.29) is 11.9 Å². The molecule has 0 saturated carbocycles. The van der Waals surface area contributed by atoms with Gasteiger partial charge in [0.05, 0.1) is 6.10 Å². The second kappa shape index (κ2) is 3.18. The number of rotatable bonds is 1. The Morgan fingerprint density at radius 1 is 1.64 bits per heavy atom. The highest BCUT2D eigenvalue weighted by Crippen LogP contribution is 2.24. The van der Waals surface area contributed by atoms with Crippen molar-refractivity contribution in [1.82, 2.24) is 0 Å². The number of hydrogen-bond acceptors (Lipinski definition) is 2. The van der Waals surface area contributed by atoms with Crippen LogP contribution in [0.15, 0.2) is 11.1 Å². The molecule has 0 bridgehead atoms. The fourth-order valence-electron chi connectivity index (χ4n) is 1.54. The van der Waals surface area contributed by atoms with Crippen molar-refractivity contribution in [1.29, 1.82) is 0 Å². The van der Waals surface area contributed by atoms with Crippen molar-refractivity contribution in [2.24, 2.45) is 0 Å². The van der Waals surface area contributed by atoms with E-state index in [1.807, 2.05) is 6.92 Å². The van der Waals surface area contributed by atoms with E-state index >= 15 is 0 Å². The molecule has 0 fully saturated rings. The molecule has 0 aromatic carbocycles. The zero-order valence-corrected chi connectivity index (χ0v) is 7.05. The molecule has 2 heteroatoms. The smallest absolute Gasteiger partial charge is 0.155 e. The monoisotopic (exact) mass is 154 g/mol. The Hall–Kier alpha value is -0.630. The Kier molecular flexibility index (Phi) is 2.45. The SMILES string of the molecule is CC(=O)C1=C(C)C(O)CCC1. The van der Waals surface area contributed by atoms with Gasteiger partial charge in [0.25, 0.3) is 0 Å². The predicted molar refractivity (Wildman–Crippen MR) is 43.2 cm³/mol. The number of aliphatic hydroxyl groups is 1. The summed E-state index contributed by atoms with van der Waals surface area (Å²) in [6.07, 6.45) is 2.22. The van der Waals surface area contributed by atoms with Gasteiger partial charge < -0.3 is 5.11 Å². The first-order valence-corrected chi connectivity index (χ1v) is 4.01. The number of hydrogen-bond donors (Lipinski definition) is 1. The van der Waals surface area contributed by atoms with E-state index in [0.29, 0.717) is 0 Å². The molecule has 1 atom stereocenters. The van der Waals surface area contributed by atoms with Crippen LogP contribution >= 0.6 is 0 Å². The Labute approximate surface area is 66.9 Å². The van der Waals surface area contributed by atoms with Gasteiger partial charge in [0.2, 0.25) is 0 Å². The highest BCUT2D eigenvalue weighted by atomic mass is 16.3. The zero-order chi connectivity index (χ0) is 8.43. The van der Waals surface area contributed by atoms with E-state index in [1.54, 1.807) is 6.92 Å². The number of carbonyl (C=O) groups is 1. The first-order chi connectivity index (χ1) is 5.13. The molecule has 1 aliphatic rings. The first kappa shape index (κ1) is 8.47. The Morgan fingerprint density at radius 3 is 2.73 bits per heavy atom. The van der Waals surface area contributed by atoms with Gasteiger partial charge in [-0.15, -0.1) is 0 Å². The van der Waals surface area contributed by atoms with Crippen molar-refractivity contribution < 1.29 is 9.90 Å². The van der Waals surface area contributed by atoms with Gasteiger partial charge in [-0.1, -0.05) is 0 Å². The molecule has 11 heavy (non-hydrogen) atoms. The van der Waals surface area contributed by atoms with Gasteiger partial charge in [-0.3, -0.25) is 4.79 Å². The summed E-state index contributed by atoms with van der Waals surface area (Å²) in [5, 5.41) is 9.39. The molecule has 0 saturated heterocycles. The average molecular weight is 154 g/mol. The number of aliphatic hydroxyl groups excluding tert-OH is 1. The highest BCUT2D eigenvalue weighted by molar-refractivity contribution is 5.94. The fraction of sp³-hybridized carbons (Fsp3) is 0.667. The third-order valence-corrected chi connectivity index (χ3v) is 2.31. The van der Waals surface area contributed by atoms with E-state index in [2.05, 4.69) is 0 Å². The number of carbonyl (C=O) groups excluding carboxylic acids is 1. The molecular weight excluding hydrogens is 140 g/mol. The Morgan fingerprint density at radius 2 is 2.27 bits per heavy atom. The lowest BCUT2D eigenvalue weighted by Crippen LogP contribution is -2.18. The van der Waals surface area contributed by atoms with Crippen LogP contribution in [-0.2, 0) is 4.79 Å². The van der Waals surface area contributed by atoms with Gasteiger partial charge in [-0.25, -0.2) is 0 Å². The summed E-state index contributed by atoms with van der Waals surface area (Å²) in [7, 11) is 0. The molecule has 1 aliphatic carbocycles. The largest absolute Gasteiger partial charge is 0.389 e.